The van der Waals surface area contributed by atoms with Gasteiger partial charge in [-0.1, -0.05) is 11.6 Å². The summed E-state index contributed by atoms with van der Waals surface area (Å²) in [6.07, 6.45) is 2.79. The average molecular weight is 456 g/mol. The topological polar surface area (TPSA) is 104 Å². The molecule has 3 atom stereocenters. The van der Waals surface area contributed by atoms with Crippen LogP contribution in [0.5, 0.6) is 5.75 Å². The fourth-order valence-corrected chi connectivity index (χ4v) is 5.95. The molecule has 1 aromatic heterocycles. The van der Waals surface area contributed by atoms with E-state index in [4.69, 9.17) is 27.8 Å². The molecule has 0 radical (unpaired) electrons. The number of ether oxygens (including phenoxy) is 1. The minimum atomic E-state index is -1.04. The first-order valence-corrected chi connectivity index (χ1v) is 11.2. The standard InChI is InChI=1S/C24H23ClFN3O3/c25-20-15(26)4-3-12-8-16(29(22(12)20)10-11-1-2-11)19-21(27)14-7-13(23(30)31)9-17-18(14)24(19,28)5-6-32-17/h3-4,7-9,11,19,21H,1-2,5-6,10,27-28H2,(H,30,31). The van der Waals surface area contributed by atoms with E-state index in [2.05, 4.69) is 4.57 Å². The highest BCUT2D eigenvalue weighted by Crippen LogP contribution is 2.58. The highest BCUT2D eigenvalue weighted by Gasteiger charge is 2.54. The third kappa shape index (κ3) is 2.68. The van der Waals surface area contributed by atoms with Crippen LogP contribution in [0.25, 0.3) is 10.9 Å². The smallest absolute Gasteiger partial charge is 0.335 e. The molecule has 2 heterocycles. The van der Waals surface area contributed by atoms with Crippen molar-refractivity contribution in [1.82, 2.24) is 4.57 Å². The molecule has 2 aliphatic carbocycles. The summed E-state index contributed by atoms with van der Waals surface area (Å²) in [5.41, 5.74) is 16.3. The molecule has 6 rings (SSSR count). The minimum absolute atomic E-state index is 0.102. The Morgan fingerprint density at radius 3 is 2.81 bits per heavy atom. The van der Waals surface area contributed by atoms with E-state index in [1.807, 2.05) is 6.07 Å². The Morgan fingerprint density at radius 1 is 1.31 bits per heavy atom. The van der Waals surface area contributed by atoms with Gasteiger partial charge in [0, 0.05) is 41.6 Å². The highest BCUT2D eigenvalue weighted by atomic mass is 35.5. The van der Waals surface area contributed by atoms with Crippen LogP contribution in [0.1, 0.15) is 58.4 Å². The third-order valence-corrected chi connectivity index (χ3v) is 7.69. The number of carbonyl (C=O) groups is 1. The van der Waals surface area contributed by atoms with Gasteiger partial charge in [0.2, 0.25) is 0 Å². The number of benzene rings is 2. The number of nitrogens with zero attached hydrogens (tertiary/aromatic N) is 1. The number of carboxylic acid groups (broad SMARTS) is 1. The Hall–Kier alpha value is -2.61. The molecule has 1 saturated carbocycles. The SMILES string of the molecule is NC1c2cc(C(=O)O)cc3c2C(N)(CCO3)C1c1cc2ccc(F)c(Cl)c2n1CC1CC1. The number of halogens is 2. The summed E-state index contributed by atoms with van der Waals surface area (Å²) in [6.45, 7) is 1.09. The monoisotopic (exact) mass is 455 g/mol. The van der Waals surface area contributed by atoms with Crippen molar-refractivity contribution in [3.8, 4) is 5.75 Å². The number of carboxylic acids is 1. The van der Waals surface area contributed by atoms with Gasteiger partial charge in [-0.3, -0.25) is 0 Å². The van der Waals surface area contributed by atoms with Crippen molar-refractivity contribution >= 4 is 28.5 Å². The summed E-state index contributed by atoms with van der Waals surface area (Å²) < 4.78 is 22.3. The lowest BCUT2D eigenvalue weighted by Crippen LogP contribution is -2.45. The molecule has 0 spiro atoms. The number of nitrogens with two attached hydrogens (primary N) is 2. The van der Waals surface area contributed by atoms with E-state index < -0.39 is 23.4 Å². The molecule has 3 unspecified atom stereocenters. The summed E-state index contributed by atoms with van der Waals surface area (Å²) in [5, 5.41) is 10.5. The maximum atomic E-state index is 14.4. The van der Waals surface area contributed by atoms with E-state index in [0.717, 1.165) is 36.0 Å². The van der Waals surface area contributed by atoms with Gasteiger partial charge in [-0.05, 0) is 54.7 Å². The zero-order chi connectivity index (χ0) is 22.4. The zero-order valence-corrected chi connectivity index (χ0v) is 18.0. The molecule has 166 valence electrons. The number of rotatable bonds is 4. The van der Waals surface area contributed by atoms with E-state index >= 15 is 0 Å². The second kappa shape index (κ2) is 6.70. The van der Waals surface area contributed by atoms with Crippen LogP contribution in [-0.4, -0.2) is 22.2 Å². The lowest BCUT2D eigenvalue weighted by molar-refractivity contribution is 0.0696. The predicted octanol–water partition coefficient (Wildman–Crippen LogP) is 4.28. The van der Waals surface area contributed by atoms with Crippen molar-refractivity contribution in [3.05, 3.63) is 63.6 Å². The molecule has 0 amide bonds. The van der Waals surface area contributed by atoms with Crippen molar-refractivity contribution < 1.29 is 19.0 Å². The van der Waals surface area contributed by atoms with E-state index in [1.54, 1.807) is 12.1 Å². The quantitative estimate of drug-likeness (QED) is 0.545. The van der Waals surface area contributed by atoms with Gasteiger partial charge in [0.25, 0.3) is 0 Å². The number of aromatic carboxylic acids is 1. The fourth-order valence-electron chi connectivity index (χ4n) is 5.67. The summed E-state index contributed by atoms with van der Waals surface area (Å²) in [4.78, 5) is 11.7. The fraction of sp³-hybridized carbons (Fsp3) is 0.375. The normalized spacial score (nSPS) is 26.2. The van der Waals surface area contributed by atoms with Crippen LogP contribution < -0.4 is 16.2 Å². The Balaban J connectivity index is 1.60. The number of hydrogen-bond donors (Lipinski definition) is 3. The second-order valence-electron chi connectivity index (χ2n) is 9.31. The molecule has 6 nitrogen and oxygen atoms in total. The van der Waals surface area contributed by atoms with Crippen molar-refractivity contribution in [2.75, 3.05) is 6.61 Å². The minimum Gasteiger partial charge on any atom is -0.493 e. The molecular weight excluding hydrogens is 433 g/mol. The number of fused-ring (bicyclic) bond motifs is 1. The van der Waals surface area contributed by atoms with E-state index in [-0.39, 0.29) is 16.5 Å². The Labute approximate surface area is 188 Å². The second-order valence-corrected chi connectivity index (χ2v) is 9.69. The molecule has 2 aromatic carbocycles. The predicted molar refractivity (Wildman–Crippen MR) is 119 cm³/mol. The molecule has 3 aromatic rings. The van der Waals surface area contributed by atoms with Crippen LogP contribution in [0.4, 0.5) is 4.39 Å². The van der Waals surface area contributed by atoms with Crippen molar-refractivity contribution in [3.63, 3.8) is 0 Å². The molecule has 1 fully saturated rings. The van der Waals surface area contributed by atoms with Crippen molar-refractivity contribution in [2.24, 2.45) is 17.4 Å². The van der Waals surface area contributed by atoms with Gasteiger partial charge in [0.1, 0.15) is 16.6 Å². The first kappa shape index (κ1) is 20.0. The molecule has 0 bridgehead atoms. The number of hydrogen-bond acceptors (Lipinski definition) is 4. The molecule has 1 aliphatic heterocycles. The maximum absolute atomic E-state index is 14.4. The molecule has 5 N–H and O–H groups in total. The van der Waals surface area contributed by atoms with Gasteiger partial charge in [-0.25, -0.2) is 9.18 Å². The molecule has 0 saturated heterocycles. The Bertz CT molecular complexity index is 1300. The van der Waals surface area contributed by atoms with Gasteiger partial charge in [0.05, 0.1) is 23.2 Å². The molecule has 8 heteroatoms. The van der Waals surface area contributed by atoms with Gasteiger partial charge < -0.3 is 25.9 Å². The summed E-state index contributed by atoms with van der Waals surface area (Å²) in [7, 11) is 0. The maximum Gasteiger partial charge on any atom is 0.335 e. The van der Waals surface area contributed by atoms with E-state index in [1.165, 1.54) is 12.1 Å². The van der Waals surface area contributed by atoms with Gasteiger partial charge in [-0.2, -0.15) is 0 Å². The van der Waals surface area contributed by atoms with Gasteiger partial charge >= 0.3 is 5.97 Å². The highest BCUT2D eigenvalue weighted by molar-refractivity contribution is 6.35. The van der Waals surface area contributed by atoms with Crippen LogP contribution >= 0.6 is 11.6 Å². The van der Waals surface area contributed by atoms with Crippen LogP contribution in [-0.2, 0) is 12.1 Å². The molecular formula is C24H23ClFN3O3. The summed E-state index contributed by atoms with van der Waals surface area (Å²) in [6, 6.07) is 7.74. The van der Waals surface area contributed by atoms with Crippen molar-refractivity contribution in [2.45, 2.75) is 43.3 Å². The van der Waals surface area contributed by atoms with Crippen LogP contribution in [0.3, 0.4) is 0 Å². The molecule has 3 aliphatic rings. The third-order valence-electron chi connectivity index (χ3n) is 7.33. The molecule has 32 heavy (non-hydrogen) atoms. The first-order valence-electron chi connectivity index (χ1n) is 10.9. The van der Waals surface area contributed by atoms with Crippen LogP contribution in [0.15, 0.2) is 30.3 Å². The first-order chi connectivity index (χ1) is 15.3. The van der Waals surface area contributed by atoms with E-state index in [9.17, 15) is 14.3 Å². The van der Waals surface area contributed by atoms with Gasteiger partial charge in [0.15, 0.2) is 0 Å². The summed E-state index contributed by atoms with van der Waals surface area (Å²) in [5.74, 6) is -0.820. The van der Waals surface area contributed by atoms with Crippen LogP contribution in [0, 0.1) is 11.7 Å². The Kier molecular flexibility index (Phi) is 4.19. The lowest BCUT2D eigenvalue weighted by Gasteiger charge is -2.38. The lowest BCUT2D eigenvalue weighted by atomic mass is 9.77. The number of aromatic nitrogens is 1. The summed E-state index contributed by atoms with van der Waals surface area (Å²) >= 11 is 6.43. The zero-order valence-electron chi connectivity index (χ0n) is 17.3. The largest absolute Gasteiger partial charge is 0.493 e. The van der Waals surface area contributed by atoms with Crippen LogP contribution in [0.2, 0.25) is 5.02 Å². The van der Waals surface area contributed by atoms with E-state index in [0.29, 0.717) is 35.8 Å². The average Bonchev–Trinajstić information content (AvgIpc) is 3.46. The van der Waals surface area contributed by atoms with Crippen molar-refractivity contribution in [1.29, 1.82) is 0 Å². The van der Waals surface area contributed by atoms with Gasteiger partial charge in [-0.15, -0.1) is 0 Å². The Morgan fingerprint density at radius 2 is 2.09 bits per heavy atom.